The van der Waals surface area contributed by atoms with Crippen LogP contribution >= 0.6 is 23.2 Å². The van der Waals surface area contributed by atoms with Gasteiger partial charge in [-0.15, -0.1) is 0 Å². The third kappa shape index (κ3) is 3.87. The zero-order valence-electron chi connectivity index (χ0n) is 12.7. The Morgan fingerprint density at radius 2 is 1.62 bits per heavy atom. The molecule has 2 aromatic rings. The number of aryl methyl sites for hydroxylation is 3. The molecular formula is C18H19Cl2N. The van der Waals surface area contributed by atoms with Crippen LogP contribution in [0.4, 0.5) is 0 Å². The first-order chi connectivity index (χ1) is 9.88. The second-order valence-corrected chi connectivity index (χ2v) is 6.28. The molecule has 1 atom stereocenters. The largest absolute Gasteiger partial charge is 0.285 e. The number of benzene rings is 2. The molecular weight excluding hydrogens is 301 g/mol. The Balaban J connectivity index is 2.31. The number of aliphatic imine (C=N–C) groups is 1. The molecule has 0 aliphatic carbocycles. The monoisotopic (exact) mass is 319 g/mol. The van der Waals surface area contributed by atoms with Crippen molar-refractivity contribution in [3.8, 4) is 0 Å². The van der Waals surface area contributed by atoms with Gasteiger partial charge in [0.15, 0.2) is 0 Å². The van der Waals surface area contributed by atoms with E-state index < -0.39 is 0 Å². The van der Waals surface area contributed by atoms with Crippen LogP contribution < -0.4 is 0 Å². The highest BCUT2D eigenvalue weighted by atomic mass is 35.5. The van der Waals surface area contributed by atoms with Gasteiger partial charge in [-0.25, -0.2) is 0 Å². The summed E-state index contributed by atoms with van der Waals surface area (Å²) in [5, 5.41) is 1.38. The lowest BCUT2D eigenvalue weighted by Gasteiger charge is -2.11. The van der Waals surface area contributed by atoms with E-state index >= 15 is 0 Å². The molecule has 0 N–H and O–H groups in total. The highest BCUT2D eigenvalue weighted by molar-refractivity contribution is 6.33. The molecule has 0 radical (unpaired) electrons. The molecule has 1 unspecified atom stereocenters. The first kappa shape index (κ1) is 16.1. The van der Waals surface area contributed by atoms with Crippen molar-refractivity contribution in [1.29, 1.82) is 0 Å². The number of nitrogens with zero attached hydrogens (tertiary/aromatic N) is 1. The molecule has 110 valence electrons. The van der Waals surface area contributed by atoms with E-state index in [4.69, 9.17) is 23.2 Å². The van der Waals surface area contributed by atoms with Crippen molar-refractivity contribution in [2.24, 2.45) is 4.99 Å². The molecule has 2 rings (SSSR count). The Bertz CT molecular complexity index is 667. The fourth-order valence-electron chi connectivity index (χ4n) is 2.50. The van der Waals surface area contributed by atoms with E-state index in [2.05, 4.69) is 37.9 Å². The van der Waals surface area contributed by atoms with Gasteiger partial charge in [-0.05, 0) is 68.1 Å². The van der Waals surface area contributed by atoms with Crippen molar-refractivity contribution in [3.63, 3.8) is 0 Å². The SMILES string of the molecule is Cc1cc(C)c(/C=N\C(C)c2cc(Cl)ccc2Cl)c(C)c1. The van der Waals surface area contributed by atoms with E-state index in [0.717, 1.165) is 5.56 Å². The summed E-state index contributed by atoms with van der Waals surface area (Å²) in [5.74, 6) is 0. The minimum atomic E-state index is -0.0312. The van der Waals surface area contributed by atoms with Crippen molar-refractivity contribution in [1.82, 2.24) is 0 Å². The molecule has 0 saturated heterocycles. The summed E-state index contributed by atoms with van der Waals surface area (Å²) in [6.45, 7) is 8.35. The van der Waals surface area contributed by atoms with E-state index in [-0.39, 0.29) is 6.04 Å². The van der Waals surface area contributed by atoms with E-state index in [9.17, 15) is 0 Å². The van der Waals surface area contributed by atoms with Gasteiger partial charge in [0.2, 0.25) is 0 Å². The molecule has 0 aliphatic heterocycles. The van der Waals surface area contributed by atoms with Crippen molar-refractivity contribution < 1.29 is 0 Å². The van der Waals surface area contributed by atoms with Gasteiger partial charge in [-0.3, -0.25) is 4.99 Å². The predicted molar refractivity (Wildman–Crippen MR) is 93.1 cm³/mol. The summed E-state index contributed by atoms with van der Waals surface area (Å²) in [6, 6.07) is 9.79. The first-order valence-electron chi connectivity index (χ1n) is 6.94. The van der Waals surface area contributed by atoms with Crippen molar-refractivity contribution in [2.75, 3.05) is 0 Å². The fourth-order valence-corrected chi connectivity index (χ4v) is 2.95. The van der Waals surface area contributed by atoms with Gasteiger partial charge in [-0.1, -0.05) is 40.9 Å². The third-order valence-corrected chi connectivity index (χ3v) is 4.15. The predicted octanol–water partition coefficient (Wildman–Crippen LogP) is 6.10. The van der Waals surface area contributed by atoms with Gasteiger partial charge in [0.25, 0.3) is 0 Å². The normalized spacial score (nSPS) is 12.9. The Hall–Kier alpha value is -1.31. The minimum absolute atomic E-state index is 0.0312. The smallest absolute Gasteiger partial charge is 0.0736 e. The summed E-state index contributed by atoms with van der Waals surface area (Å²) in [4.78, 5) is 4.65. The molecule has 0 saturated carbocycles. The minimum Gasteiger partial charge on any atom is -0.285 e. The maximum Gasteiger partial charge on any atom is 0.0736 e. The van der Waals surface area contributed by atoms with Crippen LogP contribution in [0.5, 0.6) is 0 Å². The maximum atomic E-state index is 6.22. The molecule has 0 heterocycles. The van der Waals surface area contributed by atoms with Crippen LogP contribution in [0.3, 0.4) is 0 Å². The fraction of sp³-hybridized carbons (Fsp3) is 0.278. The quantitative estimate of drug-likeness (QED) is 0.606. The molecule has 0 bridgehead atoms. The van der Waals surface area contributed by atoms with Gasteiger partial charge in [0.1, 0.15) is 0 Å². The van der Waals surface area contributed by atoms with Crippen molar-refractivity contribution >= 4 is 29.4 Å². The van der Waals surface area contributed by atoms with Crippen molar-refractivity contribution in [2.45, 2.75) is 33.7 Å². The maximum absolute atomic E-state index is 6.22. The number of hydrogen-bond donors (Lipinski definition) is 0. The third-order valence-electron chi connectivity index (χ3n) is 3.57. The molecule has 3 heteroatoms. The van der Waals surface area contributed by atoms with E-state index in [1.54, 1.807) is 6.07 Å². The molecule has 0 amide bonds. The Kier molecular flexibility index (Phi) is 5.08. The molecule has 0 fully saturated rings. The van der Waals surface area contributed by atoms with Crippen LogP contribution in [-0.2, 0) is 0 Å². The summed E-state index contributed by atoms with van der Waals surface area (Å²) in [6.07, 6.45) is 1.94. The number of hydrogen-bond acceptors (Lipinski definition) is 1. The van der Waals surface area contributed by atoms with Crippen LogP contribution in [0, 0.1) is 20.8 Å². The summed E-state index contributed by atoms with van der Waals surface area (Å²) < 4.78 is 0. The van der Waals surface area contributed by atoms with Crippen LogP contribution in [0.2, 0.25) is 10.0 Å². The highest BCUT2D eigenvalue weighted by Gasteiger charge is 2.09. The Labute approximate surface area is 136 Å². The standard InChI is InChI=1S/C18H19Cl2N/c1-11-7-12(2)17(13(3)8-11)10-21-14(4)16-9-15(19)5-6-18(16)20/h5-10,14H,1-4H3/b21-10-. The lowest BCUT2D eigenvalue weighted by molar-refractivity contribution is 0.825. The lowest BCUT2D eigenvalue weighted by Crippen LogP contribution is -1.97. The summed E-state index contributed by atoms with van der Waals surface area (Å²) in [7, 11) is 0. The molecule has 0 aliphatic rings. The second-order valence-electron chi connectivity index (χ2n) is 5.43. The van der Waals surface area contributed by atoms with Gasteiger partial charge in [0.05, 0.1) is 6.04 Å². The van der Waals surface area contributed by atoms with E-state index in [1.165, 1.54) is 22.3 Å². The van der Waals surface area contributed by atoms with Gasteiger partial charge in [-0.2, -0.15) is 0 Å². The lowest BCUT2D eigenvalue weighted by atomic mass is 10.0. The van der Waals surface area contributed by atoms with E-state index in [0.29, 0.717) is 10.0 Å². The van der Waals surface area contributed by atoms with E-state index in [1.807, 2.05) is 25.3 Å². The second kappa shape index (κ2) is 6.64. The van der Waals surface area contributed by atoms with Crippen LogP contribution in [0.25, 0.3) is 0 Å². The van der Waals surface area contributed by atoms with Gasteiger partial charge >= 0.3 is 0 Å². The average molecular weight is 320 g/mol. The molecule has 0 spiro atoms. The zero-order valence-corrected chi connectivity index (χ0v) is 14.3. The molecule has 2 aromatic carbocycles. The highest BCUT2D eigenvalue weighted by Crippen LogP contribution is 2.28. The van der Waals surface area contributed by atoms with Gasteiger partial charge in [0, 0.05) is 16.3 Å². The summed E-state index contributed by atoms with van der Waals surface area (Å²) >= 11 is 12.3. The zero-order chi connectivity index (χ0) is 15.6. The molecule has 1 nitrogen and oxygen atoms in total. The number of rotatable bonds is 3. The van der Waals surface area contributed by atoms with Gasteiger partial charge < -0.3 is 0 Å². The molecule has 21 heavy (non-hydrogen) atoms. The van der Waals surface area contributed by atoms with Crippen molar-refractivity contribution in [3.05, 3.63) is 68.2 Å². The topological polar surface area (TPSA) is 12.4 Å². The molecule has 0 aromatic heterocycles. The van der Waals surface area contributed by atoms with Crippen LogP contribution in [0.15, 0.2) is 35.3 Å². The Morgan fingerprint density at radius 1 is 1.00 bits per heavy atom. The average Bonchev–Trinajstić information content (AvgIpc) is 2.40. The first-order valence-corrected chi connectivity index (χ1v) is 7.70. The van der Waals surface area contributed by atoms with Crippen LogP contribution in [-0.4, -0.2) is 6.21 Å². The van der Waals surface area contributed by atoms with Crippen LogP contribution in [0.1, 0.15) is 40.8 Å². The Morgan fingerprint density at radius 3 is 2.24 bits per heavy atom. The number of halogens is 2. The summed E-state index contributed by atoms with van der Waals surface area (Å²) in [5.41, 5.74) is 5.86.